The molecular weight excluding hydrogens is 384 g/mol. The molecule has 0 aliphatic heterocycles. The number of phenolic OH excluding ortho intramolecular Hbond substituents is 1. The van der Waals surface area contributed by atoms with Gasteiger partial charge in [-0.2, -0.15) is 0 Å². The van der Waals surface area contributed by atoms with E-state index in [1.807, 2.05) is 30.3 Å². The van der Waals surface area contributed by atoms with E-state index in [2.05, 4.69) is 15.5 Å². The lowest BCUT2D eigenvalue weighted by molar-refractivity contribution is -0.118. The molecule has 140 valence electrons. The van der Waals surface area contributed by atoms with Crippen LogP contribution < -0.4 is 5.32 Å². The lowest BCUT2D eigenvalue weighted by atomic mass is 10.1. The van der Waals surface area contributed by atoms with Crippen LogP contribution in [0.4, 0.5) is 0 Å². The van der Waals surface area contributed by atoms with Gasteiger partial charge in [0.1, 0.15) is 12.1 Å². The van der Waals surface area contributed by atoms with Crippen molar-refractivity contribution in [2.75, 3.05) is 12.3 Å². The number of nitrogens with zero attached hydrogens (tertiary/aromatic N) is 3. The van der Waals surface area contributed by atoms with Gasteiger partial charge in [0.15, 0.2) is 5.16 Å². The summed E-state index contributed by atoms with van der Waals surface area (Å²) in [5, 5.41) is 21.4. The highest BCUT2D eigenvalue weighted by Crippen LogP contribution is 2.21. The van der Waals surface area contributed by atoms with E-state index in [4.69, 9.17) is 11.6 Å². The van der Waals surface area contributed by atoms with E-state index in [0.29, 0.717) is 16.7 Å². The minimum Gasteiger partial charge on any atom is -0.508 e. The second-order valence-electron chi connectivity index (χ2n) is 5.87. The molecule has 0 saturated carbocycles. The summed E-state index contributed by atoms with van der Waals surface area (Å²) in [6.07, 6.45) is 3.28. The number of hydrogen-bond donors (Lipinski definition) is 2. The van der Waals surface area contributed by atoms with Crippen LogP contribution in [0.25, 0.3) is 5.69 Å². The molecule has 0 saturated heterocycles. The normalized spacial score (nSPS) is 10.7. The number of rotatable bonds is 8. The van der Waals surface area contributed by atoms with Crippen LogP contribution in [-0.2, 0) is 11.2 Å². The fourth-order valence-electron chi connectivity index (χ4n) is 2.49. The molecule has 2 N–H and O–H groups in total. The first-order valence-electron chi connectivity index (χ1n) is 8.45. The van der Waals surface area contributed by atoms with Gasteiger partial charge in [-0.15, -0.1) is 10.2 Å². The van der Waals surface area contributed by atoms with Gasteiger partial charge in [0.05, 0.1) is 11.4 Å². The second kappa shape index (κ2) is 9.43. The third kappa shape index (κ3) is 5.74. The first kappa shape index (κ1) is 19.3. The quantitative estimate of drug-likeness (QED) is 0.445. The van der Waals surface area contributed by atoms with Crippen molar-refractivity contribution < 1.29 is 9.90 Å². The number of nitrogens with one attached hydrogen (secondary N) is 1. The fraction of sp³-hybridized carbons (Fsp3) is 0.211. The van der Waals surface area contributed by atoms with E-state index in [1.165, 1.54) is 11.8 Å². The molecule has 3 aromatic rings. The van der Waals surface area contributed by atoms with Gasteiger partial charge < -0.3 is 10.4 Å². The monoisotopic (exact) mass is 402 g/mol. The molecule has 0 bridgehead atoms. The Hall–Kier alpha value is -2.51. The summed E-state index contributed by atoms with van der Waals surface area (Å²) < 4.78 is 1.80. The maximum absolute atomic E-state index is 12.1. The average molecular weight is 403 g/mol. The summed E-state index contributed by atoms with van der Waals surface area (Å²) >= 11 is 7.35. The van der Waals surface area contributed by atoms with Crippen LogP contribution in [0, 0.1) is 0 Å². The zero-order valence-corrected chi connectivity index (χ0v) is 16.1. The predicted octanol–water partition coefficient (Wildman–Crippen LogP) is 3.47. The van der Waals surface area contributed by atoms with Crippen LogP contribution in [0.2, 0.25) is 5.02 Å². The van der Waals surface area contributed by atoms with Crippen molar-refractivity contribution in [2.45, 2.75) is 18.0 Å². The Bertz CT molecular complexity index is 899. The molecule has 0 spiro atoms. The fourth-order valence-corrected chi connectivity index (χ4v) is 3.43. The SMILES string of the molecule is O=C(CSc1nncn1-c1cccc(Cl)c1)NCCCc1ccc(O)cc1. The number of carbonyl (C=O) groups excluding carboxylic acids is 1. The molecule has 1 aromatic heterocycles. The Morgan fingerprint density at radius 1 is 1.22 bits per heavy atom. The smallest absolute Gasteiger partial charge is 0.230 e. The third-order valence-electron chi connectivity index (χ3n) is 3.84. The first-order valence-corrected chi connectivity index (χ1v) is 9.81. The number of amides is 1. The van der Waals surface area contributed by atoms with E-state index < -0.39 is 0 Å². The Kier molecular flexibility index (Phi) is 6.73. The lowest BCUT2D eigenvalue weighted by Crippen LogP contribution is -2.26. The van der Waals surface area contributed by atoms with E-state index in [0.717, 1.165) is 24.1 Å². The molecule has 6 nitrogen and oxygen atoms in total. The highest BCUT2D eigenvalue weighted by Gasteiger charge is 2.10. The topological polar surface area (TPSA) is 80.0 Å². The van der Waals surface area contributed by atoms with Crippen LogP contribution in [0.5, 0.6) is 5.75 Å². The molecule has 0 aliphatic carbocycles. The zero-order valence-electron chi connectivity index (χ0n) is 14.5. The summed E-state index contributed by atoms with van der Waals surface area (Å²) in [5.74, 6) is 0.472. The minimum absolute atomic E-state index is 0.0497. The van der Waals surface area contributed by atoms with Gasteiger partial charge in [-0.05, 0) is 48.7 Å². The Morgan fingerprint density at radius 3 is 2.81 bits per heavy atom. The third-order valence-corrected chi connectivity index (χ3v) is 5.01. The maximum atomic E-state index is 12.1. The molecule has 0 atom stereocenters. The standard InChI is InChI=1S/C19H19ClN4O2S/c20-15-4-1-5-16(11-15)24-13-22-23-19(24)27-12-18(26)21-10-2-3-14-6-8-17(25)9-7-14/h1,4-9,11,13,25H,2-3,10,12H2,(H,21,26). The number of halogens is 1. The summed E-state index contributed by atoms with van der Waals surface area (Å²) in [4.78, 5) is 12.1. The Labute approximate surface area is 166 Å². The average Bonchev–Trinajstić information content (AvgIpc) is 3.14. The highest BCUT2D eigenvalue weighted by molar-refractivity contribution is 7.99. The number of thioether (sulfide) groups is 1. The molecule has 3 rings (SSSR count). The lowest BCUT2D eigenvalue weighted by Gasteiger charge is -2.07. The zero-order chi connectivity index (χ0) is 19.1. The number of phenols is 1. The molecule has 8 heteroatoms. The van der Waals surface area contributed by atoms with E-state index in [1.54, 1.807) is 29.1 Å². The van der Waals surface area contributed by atoms with E-state index in [-0.39, 0.29) is 17.4 Å². The summed E-state index contributed by atoms with van der Waals surface area (Å²) in [6, 6.07) is 14.5. The molecule has 1 heterocycles. The van der Waals surface area contributed by atoms with Crippen LogP contribution in [0.3, 0.4) is 0 Å². The van der Waals surface area contributed by atoms with Gasteiger partial charge in [-0.25, -0.2) is 0 Å². The molecule has 0 aliphatic rings. The highest BCUT2D eigenvalue weighted by atomic mass is 35.5. The molecular formula is C19H19ClN4O2S. The van der Waals surface area contributed by atoms with Crippen molar-refractivity contribution in [3.8, 4) is 11.4 Å². The Balaban J connectivity index is 1.43. The van der Waals surface area contributed by atoms with Gasteiger partial charge in [0.25, 0.3) is 0 Å². The van der Waals surface area contributed by atoms with Gasteiger partial charge in [0, 0.05) is 11.6 Å². The van der Waals surface area contributed by atoms with Crippen molar-refractivity contribution in [2.24, 2.45) is 0 Å². The molecule has 1 amide bonds. The Morgan fingerprint density at radius 2 is 2.04 bits per heavy atom. The van der Waals surface area contributed by atoms with Crippen molar-refractivity contribution in [3.05, 3.63) is 65.4 Å². The molecule has 0 radical (unpaired) electrons. The summed E-state index contributed by atoms with van der Waals surface area (Å²) in [7, 11) is 0. The van der Waals surface area contributed by atoms with Crippen molar-refractivity contribution in [3.63, 3.8) is 0 Å². The van der Waals surface area contributed by atoms with Crippen molar-refractivity contribution >= 4 is 29.3 Å². The summed E-state index contributed by atoms with van der Waals surface area (Å²) in [5.41, 5.74) is 1.98. The van der Waals surface area contributed by atoms with Crippen LogP contribution >= 0.6 is 23.4 Å². The minimum atomic E-state index is -0.0497. The molecule has 27 heavy (non-hydrogen) atoms. The number of aromatic hydroxyl groups is 1. The number of carbonyl (C=O) groups is 1. The number of benzene rings is 2. The van der Waals surface area contributed by atoms with Crippen LogP contribution in [-0.4, -0.2) is 38.1 Å². The van der Waals surface area contributed by atoms with Crippen LogP contribution in [0.1, 0.15) is 12.0 Å². The van der Waals surface area contributed by atoms with Crippen LogP contribution in [0.15, 0.2) is 60.0 Å². The molecule has 0 fully saturated rings. The van der Waals surface area contributed by atoms with E-state index >= 15 is 0 Å². The van der Waals surface area contributed by atoms with Gasteiger partial charge in [-0.1, -0.05) is 41.6 Å². The maximum Gasteiger partial charge on any atom is 0.230 e. The number of aryl methyl sites for hydroxylation is 1. The van der Waals surface area contributed by atoms with Gasteiger partial charge in [-0.3, -0.25) is 9.36 Å². The van der Waals surface area contributed by atoms with Crippen molar-refractivity contribution in [1.29, 1.82) is 0 Å². The van der Waals surface area contributed by atoms with Gasteiger partial charge >= 0.3 is 0 Å². The molecule has 2 aromatic carbocycles. The molecule has 0 unspecified atom stereocenters. The summed E-state index contributed by atoms with van der Waals surface area (Å²) in [6.45, 7) is 0.598. The van der Waals surface area contributed by atoms with Gasteiger partial charge in [0.2, 0.25) is 5.91 Å². The largest absolute Gasteiger partial charge is 0.508 e. The first-order chi connectivity index (χ1) is 13.1. The van der Waals surface area contributed by atoms with Crippen molar-refractivity contribution in [1.82, 2.24) is 20.1 Å². The number of aromatic nitrogens is 3. The predicted molar refractivity (Wildman–Crippen MR) is 107 cm³/mol. The van der Waals surface area contributed by atoms with E-state index in [9.17, 15) is 9.90 Å². The number of hydrogen-bond acceptors (Lipinski definition) is 5. The second-order valence-corrected chi connectivity index (χ2v) is 7.25.